The Balaban J connectivity index is 0.00000128. The normalized spacial score (nSPS) is 41.5. The third-order valence-electron chi connectivity index (χ3n) is 4.74. The Morgan fingerprint density at radius 3 is 2.38 bits per heavy atom. The van der Waals surface area contributed by atoms with Crippen LogP contribution in [-0.4, -0.2) is 16.6 Å². The third kappa shape index (κ3) is 1.73. The van der Waals surface area contributed by atoms with E-state index in [0.717, 1.165) is 38.5 Å². The summed E-state index contributed by atoms with van der Waals surface area (Å²) in [4.78, 5) is 11.4. The van der Waals surface area contributed by atoms with E-state index in [4.69, 9.17) is 5.84 Å². The maximum atomic E-state index is 11.4. The van der Waals surface area contributed by atoms with Gasteiger partial charge in [-0.15, -0.1) is 12.4 Å². The van der Waals surface area contributed by atoms with Gasteiger partial charge in [0.05, 0.1) is 5.41 Å². The summed E-state index contributed by atoms with van der Waals surface area (Å²) in [5, 5.41) is 9.42. The number of halogens is 1. The molecule has 3 rings (SSSR count). The molecule has 0 spiro atoms. The van der Waals surface area contributed by atoms with E-state index in [1.807, 2.05) is 0 Å². The number of rotatable bonds is 3. The van der Waals surface area contributed by atoms with Crippen molar-refractivity contribution in [2.75, 3.05) is 0 Å². The van der Waals surface area contributed by atoms with Crippen molar-refractivity contribution >= 4 is 18.4 Å². The lowest BCUT2D eigenvalue weighted by Gasteiger charge is -2.55. The highest BCUT2D eigenvalue weighted by atomic mass is 35.5. The molecule has 0 aromatic carbocycles. The number of nitrogens with two attached hydrogens (primary N) is 1. The van der Waals surface area contributed by atoms with Gasteiger partial charge in [-0.2, -0.15) is 0 Å². The molecule has 2 bridgehead atoms. The largest absolute Gasteiger partial charge is 0.481 e. The molecule has 0 aromatic heterocycles. The molecule has 0 radical (unpaired) electrons. The molecule has 3 saturated carbocycles. The molecule has 0 heterocycles. The molecule has 3 aliphatic carbocycles. The lowest BCUT2D eigenvalue weighted by atomic mass is 9.51. The molecule has 4 N–H and O–H groups in total. The summed E-state index contributed by atoms with van der Waals surface area (Å²) in [6, 6.07) is 0. The molecule has 0 saturated heterocycles. The van der Waals surface area contributed by atoms with Crippen LogP contribution in [0, 0.1) is 11.3 Å². The van der Waals surface area contributed by atoms with Gasteiger partial charge in [-0.3, -0.25) is 16.1 Å². The van der Waals surface area contributed by atoms with E-state index in [2.05, 4.69) is 12.3 Å². The Morgan fingerprint density at radius 1 is 1.44 bits per heavy atom. The summed E-state index contributed by atoms with van der Waals surface area (Å²) in [5.41, 5.74) is 2.51. The predicted octanol–water partition coefficient (Wildman–Crippen LogP) is 1.69. The minimum Gasteiger partial charge on any atom is -0.481 e. The van der Waals surface area contributed by atoms with Gasteiger partial charge in [-0.05, 0) is 38.0 Å². The Labute approximate surface area is 102 Å². The van der Waals surface area contributed by atoms with Crippen molar-refractivity contribution in [2.45, 2.75) is 51.0 Å². The first-order valence-corrected chi connectivity index (χ1v) is 5.80. The van der Waals surface area contributed by atoms with Crippen LogP contribution in [0.25, 0.3) is 0 Å². The minimum absolute atomic E-state index is 0. The number of carboxylic acid groups (broad SMARTS) is 1. The van der Waals surface area contributed by atoms with E-state index in [1.54, 1.807) is 0 Å². The van der Waals surface area contributed by atoms with E-state index >= 15 is 0 Å². The zero-order valence-corrected chi connectivity index (χ0v) is 10.5. The summed E-state index contributed by atoms with van der Waals surface area (Å²) in [7, 11) is 0. The van der Waals surface area contributed by atoms with Gasteiger partial charge in [0, 0.05) is 5.54 Å². The van der Waals surface area contributed by atoms with Crippen LogP contribution in [0.1, 0.15) is 45.4 Å². The van der Waals surface area contributed by atoms with Gasteiger partial charge in [0.15, 0.2) is 0 Å². The van der Waals surface area contributed by atoms with Crippen molar-refractivity contribution in [1.29, 1.82) is 0 Å². The molecule has 0 aliphatic heterocycles. The number of fused-ring (bicyclic) bond motifs is 3. The zero-order chi connectivity index (χ0) is 11.1. The molecular formula is C11H21ClN2O2. The van der Waals surface area contributed by atoms with Gasteiger partial charge < -0.3 is 5.11 Å². The smallest absolute Gasteiger partial charge is 0.309 e. The topological polar surface area (TPSA) is 75.3 Å². The molecule has 94 valence electrons. The molecule has 0 amide bonds. The fraction of sp³-hybridized carbons (Fsp3) is 0.909. The Morgan fingerprint density at radius 2 is 2.00 bits per heavy atom. The number of carboxylic acids is 1. The second-order valence-corrected chi connectivity index (χ2v) is 5.20. The molecule has 3 fully saturated rings. The van der Waals surface area contributed by atoms with Crippen LogP contribution < -0.4 is 11.3 Å². The van der Waals surface area contributed by atoms with Crippen molar-refractivity contribution in [3.8, 4) is 0 Å². The predicted molar refractivity (Wildman–Crippen MR) is 64.2 cm³/mol. The van der Waals surface area contributed by atoms with Crippen LogP contribution in [0.5, 0.6) is 0 Å². The highest BCUT2D eigenvalue weighted by molar-refractivity contribution is 5.85. The Kier molecular flexibility index (Phi) is 3.87. The molecule has 16 heavy (non-hydrogen) atoms. The molecule has 5 heteroatoms. The van der Waals surface area contributed by atoms with Crippen molar-refractivity contribution in [3.63, 3.8) is 0 Å². The highest BCUT2D eigenvalue weighted by Crippen LogP contribution is 2.56. The molecule has 4 nitrogen and oxygen atoms in total. The summed E-state index contributed by atoms with van der Waals surface area (Å²) in [6.45, 7) is 2.08. The number of nitrogens with one attached hydrogen (secondary N) is 1. The lowest BCUT2D eigenvalue weighted by molar-refractivity contribution is -0.164. The minimum atomic E-state index is -0.598. The van der Waals surface area contributed by atoms with E-state index in [1.165, 1.54) is 0 Å². The second-order valence-electron chi connectivity index (χ2n) is 5.20. The van der Waals surface area contributed by atoms with Crippen molar-refractivity contribution < 1.29 is 9.90 Å². The van der Waals surface area contributed by atoms with Crippen LogP contribution in [0.3, 0.4) is 0 Å². The van der Waals surface area contributed by atoms with Crippen molar-refractivity contribution in [3.05, 3.63) is 0 Å². The average Bonchev–Trinajstić information content (AvgIpc) is 2.30. The molecule has 1 atom stereocenters. The SMILES string of the molecule is CCC1CC2(NN)CCC1(C(=O)O)CC2.Cl. The molecule has 3 aliphatic rings. The number of aliphatic carboxylic acids is 1. The number of hydrogen-bond acceptors (Lipinski definition) is 3. The summed E-state index contributed by atoms with van der Waals surface area (Å²) in [5.74, 6) is 5.30. The van der Waals surface area contributed by atoms with Gasteiger partial charge in [-0.1, -0.05) is 13.3 Å². The zero-order valence-electron chi connectivity index (χ0n) is 9.66. The van der Waals surface area contributed by atoms with Crippen LogP contribution in [0.4, 0.5) is 0 Å². The second kappa shape index (κ2) is 4.51. The van der Waals surface area contributed by atoms with Gasteiger partial charge in [0.1, 0.15) is 0 Å². The Bertz CT molecular complexity index is 275. The van der Waals surface area contributed by atoms with Crippen molar-refractivity contribution in [2.24, 2.45) is 17.2 Å². The standard InChI is InChI=1S/C11H20N2O2.ClH/c1-2-8-7-10(13-12)3-5-11(8,6-4-10)9(14)15;/h8,13H,2-7,12H2,1H3,(H,14,15);1H. The first kappa shape index (κ1) is 13.7. The van der Waals surface area contributed by atoms with Crippen LogP contribution in [-0.2, 0) is 4.79 Å². The number of hydrogen-bond donors (Lipinski definition) is 3. The third-order valence-corrected chi connectivity index (χ3v) is 4.74. The summed E-state index contributed by atoms with van der Waals surface area (Å²) in [6.07, 6.45) is 5.25. The van der Waals surface area contributed by atoms with E-state index < -0.39 is 11.4 Å². The number of carbonyl (C=O) groups is 1. The lowest BCUT2D eigenvalue weighted by Crippen LogP contribution is -2.62. The first-order chi connectivity index (χ1) is 7.08. The van der Waals surface area contributed by atoms with Crippen molar-refractivity contribution in [1.82, 2.24) is 5.43 Å². The summed E-state index contributed by atoms with van der Waals surface area (Å²) < 4.78 is 0. The van der Waals surface area contributed by atoms with E-state index in [-0.39, 0.29) is 23.9 Å². The van der Waals surface area contributed by atoms with E-state index in [0.29, 0.717) is 0 Å². The highest BCUT2D eigenvalue weighted by Gasteiger charge is 2.57. The molecule has 0 aromatic rings. The Hall–Kier alpha value is -0.320. The average molecular weight is 249 g/mol. The van der Waals surface area contributed by atoms with Crippen LogP contribution in [0.15, 0.2) is 0 Å². The van der Waals surface area contributed by atoms with Gasteiger partial charge >= 0.3 is 5.97 Å². The molecule has 1 unspecified atom stereocenters. The number of hydrazine groups is 1. The monoisotopic (exact) mass is 248 g/mol. The van der Waals surface area contributed by atoms with Gasteiger partial charge in [0.2, 0.25) is 0 Å². The quantitative estimate of drug-likeness (QED) is 0.525. The molecular weight excluding hydrogens is 228 g/mol. The van der Waals surface area contributed by atoms with Gasteiger partial charge in [-0.25, -0.2) is 0 Å². The van der Waals surface area contributed by atoms with E-state index in [9.17, 15) is 9.90 Å². The maximum absolute atomic E-state index is 11.4. The summed E-state index contributed by atoms with van der Waals surface area (Å²) >= 11 is 0. The fourth-order valence-electron chi connectivity index (χ4n) is 3.58. The van der Waals surface area contributed by atoms with Crippen LogP contribution >= 0.6 is 12.4 Å². The van der Waals surface area contributed by atoms with Crippen LogP contribution in [0.2, 0.25) is 0 Å². The maximum Gasteiger partial charge on any atom is 0.309 e. The first-order valence-electron chi connectivity index (χ1n) is 5.80. The fourth-order valence-corrected chi connectivity index (χ4v) is 3.58. The van der Waals surface area contributed by atoms with Gasteiger partial charge in [0.25, 0.3) is 0 Å².